The average Bonchev–Trinajstić information content (AvgIpc) is 3.00. The Hall–Kier alpha value is -1.67. The van der Waals surface area contributed by atoms with Crippen molar-refractivity contribution in [2.75, 3.05) is 7.05 Å². The minimum Gasteiger partial charge on any atom is -0.311 e. The van der Waals surface area contributed by atoms with Gasteiger partial charge in [-0.3, -0.25) is 4.98 Å². The van der Waals surface area contributed by atoms with E-state index in [2.05, 4.69) is 41.5 Å². The van der Waals surface area contributed by atoms with Gasteiger partial charge >= 0.3 is 0 Å². The van der Waals surface area contributed by atoms with Gasteiger partial charge in [0.1, 0.15) is 0 Å². The van der Waals surface area contributed by atoms with Crippen molar-refractivity contribution < 1.29 is 0 Å². The van der Waals surface area contributed by atoms with Crippen LogP contribution in [0.3, 0.4) is 0 Å². The summed E-state index contributed by atoms with van der Waals surface area (Å²) in [6.45, 7) is 2.20. The van der Waals surface area contributed by atoms with Crippen molar-refractivity contribution in [1.82, 2.24) is 10.3 Å². The first-order valence-corrected chi connectivity index (χ1v) is 8.03. The summed E-state index contributed by atoms with van der Waals surface area (Å²) in [5.74, 6) is 0. The highest BCUT2D eigenvalue weighted by Crippen LogP contribution is 2.26. The van der Waals surface area contributed by atoms with Gasteiger partial charge in [-0.05, 0) is 67.5 Å². The van der Waals surface area contributed by atoms with E-state index in [0.29, 0.717) is 6.04 Å². The van der Waals surface area contributed by atoms with E-state index in [4.69, 9.17) is 0 Å². The molecular formula is C19H24N2. The molecule has 1 aromatic heterocycles. The van der Waals surface area contributed by atoms with E-state index in [-0.39, 0.29) is 0 Å². The minimum absolute atomic E-state index is 0.292. The largest absolute Gasteiger partial charge is 0.311 e. The van der Waals surface area contributed by atoms with Crippen LogP contribution in [0.5, 0.6) is 0 Å². The molecule has 1 heterocycles. The lowest BCUT2D eigenvalue weighted by atomic mass is 9.96. The van der Waals surface area contributed by atoms with E-state index in [0.717, 1.165) is 12.8 Å². The maximum Gasteiger partial charge on any atom is 0.0608 e. The highest BCUT2D eigenvalue weighted by Gasteiger charge is 2.17. The normalized spacial score (nSPS) is 15.0. The third kappa shape index (κ3) is 3.01. The number of aryl methyl sites for hydroxylation is 3. The average molecular weight is 280 g/mol. The number of aromatic nitrogens is 1. The van der Waals surface area contributed by atoms with Gasteiger partial charge in [0.15, 0.2) is 0 Å². The fourth-order valence-corrected chi connectivity index (χ4v) is 3.39. The van der Waals surface area contributed by atoms with Gasteiger partial charge in [0.25, 0.3) is 0 Å². The summed E-state index contributed by atoms with van der Waals surface area (Å²) in [5, 5.41) is 3.45. The first-order chi connectivity index (χ1) is 10.3. The van der Waals surface area contributed by atoms with Gasteiger partial charge in [0.05, 0.1) is 11.7 Å². The lowest BCUT2D eigenvalue weighted by Gasteiger charge is -2.19. The fraction of sp³-hybridized carbons (Fsp3) is 0.421. The Balaban J connectivity index is 1.84. The Morgan fingerprint density at radius 2 is 2.05 bits per heavy atom. The highest BCUT2D eigenvalue weighted by molar-refractivity contribution is 5.36. The molecule has 21 heavy (non-hydrogen) atoms. The summed E-state index contributed by atoms with van der Waals surface area (Å²) < 4.78 is 0. The summed E-state index contributed by atoms with van der Waals surface area (Å²) in [6, 6.07) is 11.5. The second-order valence-electron chi connectivity index (χ2n) is 5.90. The highest BCUT2D eigenvalue weighted by atomic mass is 14.9. The molecule has 1 unspecified atom stereocenters. The van der Waals surface area contributed by atoms with Crippen LogP contribution in [-0.2, 0) is 25.7 Å². The number of fused-ring (bicyclic) bond motifs is 1. The van der Waals surface area contributed by atoms with Crippen LogP contribution in [0.25, 0.3) is 0 Å². The Morgan fingerprint density at radius 3 is 2.86 bits per heavy atom. The molecule has 110 valence electrons. The molecule has 2 aromatic rings. The first kappa shape index (κ1) is 14.3. The lowest BCUT2D eigenvalue weighted by molar-refractivity contribution is 0.570. The minimum atomic E-state index is 0.292. The van der Waals surface area contributed by atoms with E-state index in [1.807, 2.05) is 19.3 Å². The number of rotatable bonds is 5. The van der Waals surface area contributed by atoms with Crippen LogP contribution in [0.4, 0.5) is 0 Å². The number of likely N-dealkylation sites (N-methyl/N-ethyl adjacent to an activating group) is 1. The Bertz CT molecular complexity index is 619. The summed E-state index contributed by atoms with van der Waals surface area (Å²) in [4.78, 5) is 4.63. The summed E-state index contributed by atoms with van der Waals surface area (Å²) >= 11 is 0. The van der Waals surface area contributed by atoms with E-state index in [1.165, 1.54) is 36.1 Å². The number of nitrogens with zero attached hydrogens (tertiary/aromatic N) is 1. The lowest BCUT2D eigenvalue weighted by Crippen LogP contribution is -2.21. The van der Waals surface area contributed by atoms with Gasteiger partial charge in [-0.25, -0.2) is 0 Å². The van der Waals surface area contributed by atoms with E-state index in [1.54, 1.807) is 11.1 Å². The molecule has 0 saturated carbocycles. The molecule has 0 spiro atoms. The molecule has 1 N–H and O–H groups in total. The van der Waals surface area contributed by atoms with Crippen LogP contribution in [0, 0.1) is 0 Å². The van der Waals surface area contributed by atoms with Gasteiger partial charge in [-0.15, -0.1) is 0 Å². The van der Waals surface area contributed by atoms with Crippen molar-refractivity contribution in [1.29, 1.82) is 0 Å². The number of nitrogens with one attached hydrogen (secondary N) is 1. The number of hydrogen-bond donors (Lipinski definition) is 1. The molecule has 1 aromatic carbocycles. The molecule has 1 aliphatic rings. The predicted octanol–water partition coefficient (Wildman–Crippen LogP) is 3.64. The third-order valence-electron chi connectivity index (χ3n) is 4.59. The molecule has 0 bridgehead atoms. The molecule has 0 amide bonds. The maximum atomic E-state index is 4.63. The molecule has 2 heteroatoms. The van der Waals surface area contributed by atoms with Gasteiger partial charge in [0.2, 0.25) is 0 Å². The molecule has 0 aliphatic heterocycles. The van der Waals surface area contributed by atoms with Crippen molar-refractivity contribution >= 4 is 0 Å². The van der Waals surface area contributed by atoms with E-state index < -0.39 is 0 Å². The molecule has 0 radical (unpaired) electrons. The zero-order valence-corrected chi connectivity index (χ0v) is 13.0. The van der Waals surface area contributed by atoms with Gasteiger partial charge in [0, 0.05) is 6.20 Å². The fourth-order valence-electron chi connectivity index (χ4n) is 3.39. The Kier molecular flexibility index (Phi) is 4.35. The topological polar surface area (TPSA) is 24.9 Å². The molecule has 0 fully saturated rings. The van der Waals surface area contributed by atoms with Crippen molar-refractivity contribution in [3.05, 3.63) is 64.5 Å². The second-order valence-corrected chi connectivity index (χ2v) is 5.90. The maximum absolute atomic E-state index is 4.63. The predicted molar refractivity (Wildman–Crippen MR) is 87.6 cm³/mol. The van der Waals surface area contributed by atoms with E-state index >= 15 is 0 Å². The number of hydrogen-bond acceptors (Lipinski definition) is 2. The molecule has 3 rings (SSSR count). The monoisotopic (exact) mass is 280 g/mol. The summed E-state index contributed by atoms with van der Waals surface area (Å²) in [7, 11) is 2.03. The number of benzene rings is 1. The van der Waals surface area contributed by atoms with Gasteiger partial charge < -0.3 is 5.32 Å². The third-order valence-corrected chi connectivity index (χ3v) is 4.59. The SMILES string of the molecule is CCc1cccnc1C(Cc1ccc2c(c1)CCC2)NC. The van der Waals surface area contributed by atoms with Crippen LogP contribution in [0.1, 0.15) is 47.3 Å². The molecule has 1 atom stereocenters. The summed E-state index contributed by atoms with van der Waals surface area (Å²) in [6.07, 6.45) is 7.76. The zero-order valence-electron chi connectivity index (χ0n) is 13.0. The molecular weight excluding hydrogens is 256 g/mol. The molecule has 0 saturated heterocycles. The molecule has 1 aliphatic carbocycles. The standard InChI is InChI=1S/C19H24N2/c1-3-15-8-5-11-21-19(15)18(20-2)13-14-9-10-16-6-4-7-17(16)12-14/h5,8-12,18,20H,3-4,6-7,13H2,1-2H3. The zero-order chi connectivity index (χ0) is 14.7. The Morgan fingerprint density at radius 1 is 1.19 bits per heavy atom. The van der Waals surface area contributed by atoms with Crippen LogP contribution >= 0.6 is 0 Å². The quantitative estimate of drug-likeness (QED) is 0.904. The Labute approximate surface area is 127 Å². The van der Waals surface area contributed by atoms with Crippen molar-refractivity contribution in [2.45, 2.75) is 45.1 Å². The molecule has 2 nitrogen and oxygen atoms in total. The van der Waals surface area contributed by atoms with Gasteiger partial charge in [-0.2, -0.15) is 0 Å². The number of pyridine rings is 1. The van der Waals surface area contributed by atoms with Crippen LogP contribution in [-0.4, -0.2) is 12.0 Å². The van der Waals surface area contributed by atoms with Crippen molar-refractivity contribution in [3.63, 3.8) is 0 Å². The second kappa shape index (κ2) is 6.40. The van der Waals surface area contributed by atoms with Crippen molar-refractivity contribution in [3.8, 4) is 0 Å². The van der Waals surface area contributed by atoms with Crippen molar-refractivity contribution in [2.24, 2.45) is 0 Å². The first-order valence-electron chi connectivity index (χ1n) is 8.03. The van der Waals surface area contributed by atoms with Crippen LogP contribution < -0.4 is 5.32 Å². The van der Waals surface area contributed by atoms with E-state index in [9.17, 15) is 0 Å². The summed E-state index contributed by atoms with van der Waals surface area (Å²) in [5.41, 5.74) is 7.06. The van der Waals surface area contributed by atoms with Crippen LogP contribution in [0.15, 0.2) is 36.5 Å². The van der Waals surface area contributed by atoms with Gasteiger partial charge in [-0.1, -0.05) is 31.2 Å². The van der Waals surface area contributed by atoms with Crippen LogP contribution in [0.2, 0.25) is 0 Å². The smallest absolute Gasteiger partial charge is 0.0608 e.